The summed E-state index contributed by atoms with van der Waals surface area (Å²) in [5.41, 5.74) is 1.98. The molecule has 0 unspecified atom stereocenters. The molecular formula is C16H12BrN3O4S3. The zero-order valence-electron chi connectivity index (χ0n) is 13.8. The number of nitrogens with zero attached hydrogens (tertiary/aromatic N) is 1. The van der Waals surface area contributed by atoms with Gasteiger partial charge in [0.25, 0.3) is 15.9 Å². The molecule has 0 saturated heterocycles. The van der Waals surface area contributed by atoms with Crippen LogP contribution >= 0.6 is 38.6 Å². The molecule has 1 amide bonds. The number of thiazole rings is 1. The predicted octanol–water partition coefficient (Wildman–Crippen LogP) is 4.07. The third kappa shape index (κ3) is 3.72. The molecule has 0 bridgehead atoms. The number of benzene rings is 1. The molecule has 27 heavy (non-hydrogen) atoms. The fourth-order valence-corrected chi connectivity index (χ4v) is 6.63. The van der Waals surface area contributed by atoms with Crippen molar-refractivity contribution in [1.82, 2.24) is 4.98 Å². The van der Waals surface area contributed by atoms with E-state index in [9.17, 15) is 13.2 Å². The van der Waals surface area contributed by atoms with Gasteiger partial charge in [0.1, 0.15) is 9.96 Å². The van der Waals surface area contributed by atoms with Gasteiger partial charge in [-0.2, -0.15) is 0 Å². The van der Waals surface area contributed by atoms with Crippen LogP contribution in [0.1, 0.15) is 4.88 Å². The lowest BCUT2D eigenvalue weighted by molar-refractivity contribution is -0.118. The molecule has 1 aliphatic rings. The molecular weight excluding hydrogens is 474 g/mol. The number of hydrogen-bond acceptors (Lipinski definition) is 7. The van der Waals surface area contributed by atoms with Crippen LogP contribution in [0.15, 0.2) is 38.3 Å². The number of amides is 1. The van der Waals surface area contributed by atoms with Crippen LogP contribution in [0.4, 0.5) is 10.8 Å². The van der Waals surface area contributed by atoms with Gasteiger partial charge in [0, 0.05) is 10.4 Å². The maximum atomic E-state index is 12.5. The van der Waals surface area contributed by atoms with E-state index in [4.69, 9.17) is 4.74 Å². The van der Waals surface area contributed by atoms with E-state index >= 15 is 0 Å². The quantitative estimate of drug-likeness (QED) is 0.580. The number of thiophene rings is 1. The highest BCUT2D eigenvalue weighted by Gasteiger charge is 2.21. The molecule has 2 N–H and O–H groups in total. The number of anilines is 2. The maximum Gasteiger partial charge on any atom is 0.273 e. The van der Waals surface area contributed by atoms with Gasteiger partial charge in [0.15, 0.2) is 11.7 Å². The number of carbonyl (C=O) groups excluding carboxylic acids is 1. The first-order valence-corrected chi connectivity index (χ1v) is 11.6. The summed E-state index contributed by atoms with van der Waals surface area (Å²) >= 11 is 5.64. The summed E-state index contributed by atoms with van der Waals surface area (Å²) in [7, 11) is -3.69. The topological polar surface area (TPSA) is 97.4 Å². The van der Waals surface area contributed by atoms with Gasteiger partial charge in [-0.05, 0) is 53.2 Å². The Morgan fingerprint density at radius 3 is 2.81 bits per heavy atom. The number of halogens is 1. The highest BCUT2D eigenvalue weighted by molar-refractivity contribution is 9.11. The Morgan fingerprint density at radius 2 is 2.07 bits per heavy atom. The van der Waals surface area contributed by atoms with Gasteiger partial charge in [-0.25, -0.2) is 13.4 Å². The summed E-state index contributed by atoms with van der Waals surface area (Å²) in [6.07, 6.45) is 0. The second-order valence-corrected chi connectivity index (χ2v) is 11.2. The number of aryl methyl sites for hydroxylation is 1. The van der Waals surface area contributed by atoms with Crippen molar-refractivity contribution in [3.8, 4) is 17.0 Å². The molecule has 11 heteroatoms. The Kier molecular flexibility index (Phi) is 4.70. The largest absolute Gasteiger partial charge is 0.482 e. The third-order valence-electron chi connectivity index (χ3n) is 3.72. The Bertz CT molecular complexity index is 1150. The average molecular weight is 486 g/mol. The molecule has 0 fully saturated rings. The smallest absolute Gasteiger partial charge is 0.273 e. The van der Waals surface area contributed by atoms with Crippen molar-refractivity contribution in [2.45, 2.75) is 11.1 Å². The van der Waals surface area contributed by atoms with Gasteiger partial charge in [-0.15, -0.1) is 22.7 Å². The van der Waals surface area contributed by atoms with Crippen LogP contribution in [0.25, 0.3) is 11.3 Å². The lowest BCUT2D eigenvalue weighted by atomic mass is 10.1. The minimum Gasteiger partial charge on any atom is -0.482 e. The first-order chi connectivity index (χ1) is 12.8. The van der Waals surface area contributed by atoms with Crippen molar-refractivity contribution in [1.29, 1.82) is 0 Å². The minimum atomic E-state index is -3.69. The van der Waals surface area contributed by atoms with Crippen LogP contribution in [0, 0.1) is 6.92 Å². The molecule has 140 valence electrons. The second-order valence-electron chi connectivity index (χ2n) is 5.64. The molecule has 2 aromatic heterocycles. The molecule has 1 aromatic carbocycles. The number of nitrogens with one attached hydrogen (secondary N) is 2. The van der Waals surface area contributed by atoms with Crippen LogP contribution in [0.3, 0.4) is 0 Å². The van der Waals surface area contributed by atoms with Gasteiger partial charge in [-0.3, -0.25) is 9.52 Å². The Hall–Kier alpha value is -1.95. The van der Waals surface area contributed by atoms with Gasteiger partial charge >= 0.3 is 0 Å². The van der Waals surface area contributed by atoms with Crippen molar-refractivity contribution in [2.24, 2.45) is 0 Å². The minimum absolute atomic E-state index is 0.00711. The van der Waals surface area contributed by atoms with E-state index in [0.717, 1.165) is 25.6 Å². The van der Waals surface area contributed by atoms with Crippen LogP contribution in [-0.2, 0) is 14.8 Å². The number of sulfonamides is 1. The van der Waals surface area contributed by atoms with Crippen LogP contribution < -0.4 is 14.8 Å². The zero-order chi connectivity index (χ0) is 19.2. The summed E-state index contributed by atoms with van der Waals surface area (Å²) in [5.74, 6) is 0.376. The summed E-state index contributed by atoms with van der Waals surface area (Å²) in [5, 5.41) is 3.04. The second kappa shape index (κ2) is 6.89. The number of ether oxygens (including phenoxy) is 1. The highest BCUT2D eigenvalue weighted by Crippen LogP contribution is 2.37. The molecule has 0 atom stereocenters. The van der Waals surface area contributed by atoms with E-state index < -0.39 is 10.0 Å². The fraction of sp³-hybridized carbons (Fsp3) is 0.125. The molecule has 0 aliphatic carbocycles. The Labute approximate surface area is 171 Å². The van der Waals surface area contributed by atoms with Crippen molar-refractivity contribution in [3.05, 3.63) is 39.0 Å². The van der Waals surface area contributed by atoms with Gasteiger partial charge in [-0.1, -0.05) is 0 Å². The van der Waals surface area contributed by atoms with E-state index in [0.29, 0.717) is 17.1 Å². The Balaban J connectivity index is 1.64. The number of fused-ring (bicyclic) bond motifs is 1. The van der Waals surface area contributed by atoms with E-state index in [1.54, 1.807) is 18.2 Å². The molecule has 0 spiro atoms. The lowest BCUT2D eigenvalue weighted by Gasteiger charge is -2.18. The summed E-state index contributed by atoms with van der Waals surface area (Å²) in [6, 6.07) is 8.57. The van der Waals surface area contributed by atoms with Crippen LogP contribution in [0.5, 0.6) is 5.75 Å². The predicted molar refractivity (Wildman–Crippen MR) is 109 cm³/mol. The normalized spacial score (nSPS) is 13.6. The molecule has 4 rings (SSSR count). The molecule has 0 radical (unpaired) electrons. The van der Waals surface area contributed by atoms with Crippen molar-refractivity contribution >= 4 is 65.4 Å². The fourth-order valence-electron chi connectivity index (χ4n) is 2.55. The summed E-state index contributed by atoms with van der Waals surface area (Å²) < 4.78 is 33.8. The number of aromatic nitrogens is 1. The number of hydrogen-bond donors (Lipinski definition) is 2. The van der Waals surface area contributed by atoms with Crippen molar-refractivity contribution in [2.75, 3.05) is 16.6 Å². The molecule has 0 saturated carbocycles. The summed E-state index contributed by atoms with van der Waals surface area (Å²) in [4.78, 5) is 16.8. The third-order valence-corrected chi connectivity index (χ3v) is 8.19. The van der Waals surface area contributed by atoms with Crippen molar-refractivity contribution in [3.63, 3.8) is 0 Å². The van der Waals surface area contributed by atoms with E-state index in [1.807, 2.05) is 13.0 Å². The first kappa shape index (κ1) is 18.4. The zero-order valence-corrected chi connectivity index (χ0v) is 17.8. The molecule has 7 nitrogen and oxygen atoms in total. The van der Waals surface area contributed by atoms with E-state index in [1.165, 1.54) is 17.4 Å². The van der Waals surface area contributed by atoms with Crippen LogP contribution in [-0.4, -0.2) is 25.9 Å². The van der Waals surface area contributed by atoms with Gasteiger partial charge < -0.3 is 10.1 Å². The number of rotatable bonds is 4. The lowest BCUT2D eigenvalue weighted by Crippen LogP contribution is -2.25. The SMILES string of the molecule is Cc1sc(NS(=O)(=O)c2ccc(Br)s2)nc1-c1ccc2c(c1)NC(=O)CO2. The van der Waals surface area contributed by atoms with Gasteiger partial charge in [0.05, 0.1) is 15.2 Å². The number of carbonyl (C=O) groups is 1. The van der Waals surface area contributed by atoms with Gasteiger partial charge in [0.2, 0.25) is 0 Å². The standard InChI is InChI=1S/C16H12BrN3O4S3/c1-8-15(9-2-3-11-10(6-9)18-13(21)7-24-11)19-16(25-8)20-27(22,23)14-5-4-12(17)26-14/h2-6H,7H2,1H3,(H,18,21)(H,19,20). The van der Waals surface area contributed by atoms with Crippen molar-refractivity contribution < 1.29 is 17.9 Å². The maximum absolute atomic E-state index is 12.5. The monoisotopic (exact) mass is 485 g/mol. The first-order valence-electron chi connectivity index (χ1n) is 7.64. The molecule has 3 aromatic rings. The average Bonchev–Trinajstić information content (AvgIpc) is 3.20. The van der Waals surface area contributed by atoms with E-state index in [2.05, 4.69) is 31.0 Å². The Morgan fingerprint density at radius 1 is 1.26 bits per heavy atom. The van der Waals surface area contributed by atoms with Crippen LogP contribution in [0.2, 0.25) is 0 Å². The molecule has 3 heterocycles. The summed E-state index contributed by atoms with van der Waals surface area (Å²) in [6.45, 7) is 1.86. The highest BCUT2D eigenvalue weighted by atomic mass is 79.9. The molecule has 1 aliphatic heterocycles. The van der Waals surface area contributed by atoms with E-state index in [-0.39, 0.29) is 21.9 Å².